The van der Waals surface area contributed by atoms with Crippen LogP contribution >= 0.6 is 0 Å². The van der Waals surface area contributed by atoms with Crippen LogP contribution in [0.5, 0.6) is 51.7 Å². The number of aromatic nitrogens is 2. The molecule has 0 fully saturated rings. The number of aryl methyl sites for hydroxylation is 12. The van der Waals surface area contributed by atoms with Gasteiger partial charge in [0.25, 0.3) is 0 Å². The molecule has 0 saturated carbocycles. The molecular weight excluding hydrogens is 1820 g/mol. The first-order chi connectivity index (χ1) is 72.4. The number of hydrogen-bond acceptors (Lipinski definition) is 10. The number of hydrogen-bond donors (Lipinski definition) is 3. The van der Waals surface area contributed by atoms with Gasteiger partial charge in [0.05, 0.1) is 41.2 Å². The number of H-pyrrole nitrogens is 2. The molecule has 0 saturated heterocycles. The van der Waals surface area contributed by atoms with E-state index in [0.717, 1.165) is 92.2 Å². The topological polar surface area (TPSA) is 135 Å². The number of phenolic OH excluding ortho intramolecular Hbond substituents is 1. The maximum absolute atomic E-state index is 8.85. The summed E-state index contributed by atoms with van der Waals surface area (Å²) in [7, 11) is 8.19. The third-order valence-electron chi connectivity index (χ3n) is 24.1. The van der Waals surface area contributed by atoms with E-state index in [1.807, 2.05) is 134 Å². The van der Waals surface area contributed by atoms with Crippen LogP contribution < -0.4 is 33.2 Å². The highest BCUT2D eigenvalue weighted by Crippen LogP contribution is 2.39. The molecule has 3 N–H and O–H groups in total. The van der Waals surface area contributed by atoms with Gasteiger partial charge in [0.2, 0.25) is 5.75 Å². The molecule has 0 radical (unpaired) electrons. The molecule has 0 aliphatic heterocycles. The second-order valence-corrected chi connectivity index (χ2v) is 35.2. The van der Waals surface area contributed by atoms with Crippen LogP contribution in [0, 0.1) is 20.8 Å². The lowest BCUT2D eigenvalue weighted by Crippen LogP contribution is -2.03. The Morgan fingerprint density at radius 2 is 0.703 bits per heavy atom. The molecule has 0 aliphatic carbocycles. The summed E-state index contributed by atoms with van der Waals surface area (Å²) in [6.07, 6.45) is 22.0. The molecule has 0 atom stereocenters. The van der Waals surface area contributed by atoms with Gasteiger partial charge in [-0.05, 0) is 282 Å². The molecule has 2 aromatic heterocycles. The van der Waals surface area contributed by atoms with Crippen molar-refractivity contribution < 1.29 is 47.7 Å². The van der Waals surface area contributed by atoms with Gasteiger partial charge in [-0.2, -0.15) is 0 Å². The number of para-hydroxylation sites is 3. The second kappa shape index (κ2) is 72.5. The van der Waals surface area contributed by atoms with Crippen LogP contribution in [0.4, 0.5) is 0 Å². The number of aromatic amines is 2. The quantitative estimate of drug-likeness (QED) is 0.0361. The molecule has 148 heavy (non-hydrogen) atoms. The summed E-state index contributed by atoms with van der Waals surface area (Å²) < 4.78 is 47.8. The van der Waals surface area contributed by atoms with E-state index in [2.05, 4.69) is 362 Å². The average molecular weight is 1990 g/mol. The maximum Gasteiger partial charge on any atom is 0.203 e. The van der Waals surface area contributed by atoms with E-state index in [1.165, 1.54) is 160 Å². The molecule has 0 bridgehead atoms. The first kappa shape index (κ1) is 120. The fourth-order valence-electron chi connectivity index (χ4n) is 15.5. The second-order valence-electron chi connectivity index (χ2n) is 35.2. The number of unbranched alkanes of at least 4 members (excludes halogenated alkanes) is 1. The fraction of sp³-hybridized carbons (Fsp3) is 0.279. The largest absolute Gasteiger partial charge is 0.508 e. The maximum atomic E-state index is 8.85. The Hall–Kier alpha value is -14.8. The van der Waals surface area contributed by atoms with Gasteiger partial charge in [0, 0.05) is 48.4 Å². The smallest absolute Gasteiger partial charge is 0.203 e. The van der Waals surface area contributed by atoms with E-state index in [1.54, 1.807) is 47.7 Å². The highest BCUT2D eigenvalue weighted by molar-refractivity contribution is 5.87. The van der Waals surface area contributed by atoms with Crippen molar-refractivity contribution in [1.29, 1.82) is 0 Å². The van der Waals surface area contributed by atoms with Gasteiger partial charge in [0.1, 0.15) is 47.7 Å². The van der Waals surface area contributed by atoms with Crippen LogP contribution in [0.2, 0.25) is 0 Å². The Bertz CT molecular complexity index is 6440. The molecule has 0 spiro atoms. The number of phenols is 1. The zero-order chi connectivity index (χ0) is 106. The molecule has 12 heteroatoms. The van der Waals surface area contributed by atoms with Crippen molar-refractivity contribution in [2.45, 2.75) is 187 Å². The fourth-order valence-corrected chi connectivity index (χ4v) is 15.5. The van der Waals surface area contributed by atoms with Crippen LogP contribution in [-0.4, -0.2) is 83.7 Å². The van der Waals surface area contributed by atoms with Crippen LogP contribution in [-0.2, 0) is 67.3 Å². The number of allylic oxidation sites excluding steroid dienone is 1. The minimum absolute atomic E-state index is 0.340. The number of nitrogens with one attached hydrogen (secondary N) is 2. The van der Waals surface area contributed by atoms with E-state index < -0.39 is 0 Å². The monoisotopic (exact) mass is 1990 g/mol. The summed E-state index contributed by atoms with van der Waals surface area (Å²) in [4.78, 5) is 6.39. The summed E-state index contributed by atoms with van der Waals surface area (Å²) in [6, 6.07) is 131. The Morgan fingerprint density at radius 3 is 1.21 bits per heavy atom. The predicted molar refractivity (Wildman–Crippen MR) is 631 cm³/mol. The molecule has 778 valence electrons. The summed E-state index contributed by atoms with van der Waals surface area (Å²) in [5, 5.41) is 16.8. The minimum atomic E-state index is 0.340. The molecule has 0 amide bonds. The molecule has 16 aromatic carbocycles. The molecule has 18 rings (SSSR count). The van der Waals surface area contributed by atoms with Gasteiger partial charge >= 0.3 is 0 Å². The van der Waals surface area contributed by atoms with Gasteiger partial charge in [-0.25, -0.2) is 0 Å². The van der Waals surface area contributed by atoms with Gasteiger partial charge in [0.15, 0.2) is 11.5 Å². The zero-order valence-electron chi connectivity index (χ0n) is 91.7. The number of methoxy groups -OCH3 is 5. The van der Waals surface area contributed by atoms with Crippen molar-refractivity contribution in [2.24, 2.45) is 0 Å². The van der Waals surface area contributed by atoms with Crippen molar-refractivity contribution in [3.05, 3.63) is 479 Å². The number of fused-ring (bicyclic) bond motifs is 4. The molecule has 18 aromatic rings. The van der Waals surface area contributed by atoms with Crippen molar-refractivity contribution in [1.82, 2.24) is 9.97 Å². The Labute approximate surface area is 886 Å². The molecule has 0 aliphatic rings. The van der Waals surface area contributed by atoms with Gasteiger partial charge in [-0.3, -0.25) is 0 Å². The van der Waals surface area contributed by atoms with E-state index in [-0.39, 0.29) is 0 Å². The lowest BCUT2D eigenvalue weighted by atomic mass is 9.98. The first-order valence-electron chi connectivity index (χ1n) is 52.7. The van der Waals surface area contributed by atoms with Crippen molar-refractivity contribution in [3.63, 3.8) is 0 Å². The van der Waals surface area contributed by atoms with E-state index in [9.17, 15) is 0 Å². The Kier molecular flexibility index (Phi) is 58.8. The Morgan fingerprint density at radius 1 is 0.284 bits per heavy atom. The number of benzene rings is 16. The Balaban J connectivity index is 0.000000219. The summed E-state index contributed by atoms with van der Waals surface area (Å²) in [6.45, 7) is 33.3. The normalized spacial score (nSPS) is 10.0. The zero-order valence-corrected chi connectivity index (χ0v) is 91.7. The lowest BCUT2D eigenvalue weighted by Gasteiger charge is -2.13. The summed E-state index contributed by atoms with van der Waals surface area (Å²) in [5.74, 6) is 7.05. The van der Waals surface area contributed by atoms with Gasteiger partial charge in [-0.1, -0.05) is 398 Å². The summed E-state index contributed by atoms with van der Waals surface area (Å²) >= 11 is 0. The van der Waals surface area contributed by atoms with Gasteiger partial charge in [-0.15, -0.1) is 0 Å². The molecule has 0 unspecified atom stereocenters. The minimum Gasteiger partial charge on any atom is -0.508 e. The van der Waals surface area contributed by atoms with E-state index in [0.29, 0.717) is 49.4 Å². The molecule has 12 nitrogen and oxygen atoms in total. The third kappa shape index (κ3) is 44.6. The molecule has 2 heterocycles. The van der Waals surface area contributed by atoms with E-state index >= 15 is 0 Å². The van der Waals surface area contributed by atoms with Crippen LogP contribution in [0.1, 0.15) is 186 Å². The van der Waals surface area contributed by atoms with Gasteiger partial charge < -0.3 is 57.7 Å². The summed E-state index contributed by atoms with van der Waals surface area (Å²) in [5.41, 5.74) is 22.2. The lowest BCUT2D eigenvalue weighted by molar-refractivity contribution is 0.146. The highest BCUT2D eigenvalue weighted by Gasteiger charge is 2.13. The third-order valence-corrected chi connectivity index (χ3v) is 24.1. The van der Waals surface area contributed by atoms with E-state index in [4.69, 9.17) is 47.7 Å². The first-order valence-corrected chi connectivity index (χ1v) is 52.7. The van der Waals surface area contributed by atoms with Crippen molar-refractivity contribution >= 4 is 48.9 Å². The van der Waals surface area contributed by atoms with Crippen LogP contribution in [0.15, 0.2) is 401 Å². The SMILES string of the molecule is CC=C(c1ccccc1)c1ccccc1.CCCCOc1ccc(CCC)cc1.CCCc1ccc2ccccc2c1.CCCc1cccc2ccccc12.CCc1cc(OC)c(OC)c(OC)c1.CCc1ccc(C)cc1.CCc1ccc(O)cc1.CCc1ccc(OCCOC)cc1.CCc1ccccc1.CCc1ccccc1Oc1ccccc1.COCCOc1ccc2[nH]cc(C)c2c1.Cc1c[nH]c2ccccc12. The van der Waals surface area contributed by atoms with Crippen LogP contribution in [0.3, 0.4) is 0 Å². The number of ether oxygens (including phenoxy) is 9. The number of rotatable bonds is 31. The van der Waals surface area contributed by atoms with Crippen molar-refractivity contribution in [2.75, 3.05) is 68.6 Å². The predicted octanol–water partition coefficient (Wildman–Crippen LogP) is 35.9. The standard InChI is InChI=1S/C15H14.C14H14O.C13H20O.2C13H14.C12H15NO2.C11H16O3.C11H16O2.C9H9N.C9H12.C8H10O.C8H10/c1-2-15(13-9-5-3-6-10-13)14-11-7-4-8-12-14;1-2-12-8-6-7-11-14(12)15-13-9-4-3-5-10-13;1-3-5-11-14-13-9-7-12(6-4-2)8-10-13;1-2-6-11-8-5-9-12-7-3-4-10-13(11)12;1-2-5-11-8-9-12-6-3-4-7-13(12)10-11;1-9-8-13-12-4-3-10(7-11(9)12)15-6-5-14-2;1-5-8-6-9(12-2)11(14-4)10(7-8)13-3;1-3-10-4-6-11(7-5-10)13-9-8-12-2;1-7-6-10-9-5-3-2-4-8(7)9;1-3-9-6-4-8(2)5-7-9;1-2-7-3-5-8(9)6-4-7;1-2-8-6-4-3-5-7-8/h2-12H,1H3;3-11H,2H2,1H3;7-10H,3-6,11H2,1-2H3;3-5,7-10H,2,6H2,1H3;3-4,6-10H,2,5H2,1H3;3-4,7-8,13H,5-6H2,1-2H3;6-7H,5H2,1-4H3;4-7H,3,8-9H2,1-2H3;2-6,10H,1H3;4-7H,3H2,1-2H3;3-6,9H,2H2,1H3;3-7H,2H2,1H3. The van der Waals surface area contributed by atoms with Crippen LogP contribution in [0.25, 0.3) is 48.9 Å². The average Bonchev–Trinajstić information content (AvgIpc) is 1.38. The molecular formula is C136H164N2O10. The highest BCUT2D eigenvalue weighted by atomic mass is 16.5. The number of aromatic hydroxyl groups is 1. The van der Waals surface area contributed by atoms with Crippen molar-refractivity contribution in [3.8, 4) is 51.7 Å².